The molecule has 2 rings (SSSR count). The lowest BCUT2D eigenvalue weighted by Gasteiger charge is -2.26. The standard InChI is InChI=1S/C22H30O4/c1-3-25-22(26-4-2)21(17-23-15-19-11-7-5-8-12-19)18-24-16-20-13-9-6-10-14-20/h5-14,21-22H,3-4,15-18H2,1-2H3. The number of hydrogen-bond acceptors (Lipinski definition) is 4. The van der Waals surface area contributed by atoms with Crippen LogP contribution in [0.4, 0.5) is 0 Å². The molecule has 2 aromatic carbocycles. The van der Waals surface area contributed by atoms with Gasteiger partial charge in [0.05, 0.1) is 32.3 Å². The number of rotatable bonds is 13. The van der Waals surface area contributed by atoms with E-state index in [2.05, 4.69) is 24.3 Å². The summed E-state index contributed by atoms with van der Waals surface area (Å²) in [5.74, 6) is 0.0160. The molecule has 142 valence electrons. The van der Waals surface area contributed by atoms with Crippen molar-refractivity contribution in [2.24, 2.45) is 5.92 Å². The van der Waals surface area contributed by atoms with Crippen molar-refractivity contribution in [1.82, 2.24) is 0 Å². The van der Waals surface area contributed by atoms with Crippen molar-refractivity contribution in [3.8, 4) is 0 Å². The molecule has 0 radical (unpaired) electrons. The van der Waals surface area contributed by atoms with Crippen LogP contribution in [-0.4, -0.2) is 32.7 Å². The van der Waals surface area contributed by atoms with Gasteiger partial charge < -0.3 is 18.9 Å². The zero-order valence-corrected chi connectivity index (χ0v) is 15.8. The SMILES string of the molecule is CCOC(OCC)C(COCc1ccccc1)COCc1ccccc1. The van der Waals surface area contributed by atoms with Crippen LogP contribution in [0.1, 0.15) is 25.0 Å². The van der Waals surface area contributed by atoms with Crippen LogP contribution < -0.4 is 0 Å². The predicted molar refractivity (Wildman–Crippen MR) is 103 cm³/mol. The number of ether oxygens (including phenoxy) is 4. The van der Waals surface area contributed by atoms with E-state index in [0.29, 0.717) is 39.6 Å². The van der Waals surface area contributed by atoms with Gasteiger partial charge in [-0.25, -0.2) is 0 Å². The smallest absolute Gasteiger partial charge is 0.164 e. The van der Waals surface area contributed by atoms with Crippen molar-refractivity contribution in [2.75, 3.05) is 26.4 Å². The van der Waals surface area contributed by atoms with Crippen molar-refractivity contribution in [3.63, 3.8) is 0 Å². The zero-order valence-electron chi connectivity index (χ0n) is 15.8. The molecule has 0 aliphatic rings. The summed E-state index contributed by atoms with van der Waals surface area (Å²) in [7, 11) is 0. The largest absolute Gasteiger partial charge is 0.376 e. The Balaban J connectivity index is 1.86. The first kappa shape index (κ1) is 20.6. The Hall–Kier alpha value is -1.72. The summed E-state index contributed by atoms with van der Waals surface area (Å²) in [6.45, 7) is 7.32. The molecule has 0 atom stereocenters. The van der Waals surface area contributed by atoms with Crippen LogP contribution in [0.2, 0.25) is 0 Å². The van der Waals surface area contributed by atoms with Crippen molar-refractivity contribution in [2.45, 2.75) is 33.4 Å². The Morgan fingerprint density at radius 1 is 0.654 bits per heavy atom. The Bertz CT molecular complexity index is 522. The molecule has 0 N–H and O–H groups in total. The summed E-state index contributed by atoms with van der Waals surface area (Å²) in [5.41, 5.74) is 2.31. The van der Waals surface area contributed by atoms with Crippen LogP contribution in [0, 0.1) is 5.92 Å². The molecule has 0 aliphatic carbocycles. The van der Waals surface area contributed by atoms with Gasteiger partial charge in [-0.2, -0.15) is 0 Å². The van der Waals surface area contributed by atoms with E-state index in [1.165, 1.54) is 0 Å². The van der Waals surface area contributed by atoms with Gasteiger partial charge in [-0.15, -0.1) is 0 Å². The van der Waals surface area contributed by atoms with Crippen LogP contribution >= 0.6 is 0 Å². The molecule has 0 aromatic heterocycles. The first-order chi connectivity index (χ1) is 12.8. The fraction of sp³-hybridized carbons (Fsp3) is 0.455. The van der Waals surface area contributed by atoms with Crippen molar-refractivity contribution in [3.05, 3.63) is 71.8 Å². The fourth-order valence-corrected chi connectivity index (χ4v) is 2.66. The van der Waals surface area contributed by atoms with Crippen LogP contribution in [-0.2, 0) is 32.2 Å². The van der Waals surface area contributed by atoms with Gasteiger partial charge in [0, 0.05) is 13.2 Å². The van der Waals surface area contributed by atoms with Gasteiger partial charge in [0.2, 0.25) is 0 Å². The molecule has 0 saturated carbocycles. The normalized spacial score (nSPS) is 11.4. The Kier molecular flexibility index (Phi) is 9.98. The monoisotopic (exact) mass is 358 g/mol. The zero-order chi connectivity index (χ0) is 18.5. The second-order valence-corrected chi connectivity index (χ2v) is 6.04. The van der Waals surface area contributed by atoms with E-state index in [9.17, 15) is 0 Å². The van der Waals surface area contributed by atoms with Gasteiger partial charge in [-0.05, 0) is 25.0 Å². The van der Waals surface area contributed by atoms with E-state index < -0.39 is 0 Å². The molecule has 0 amide bonds. The average Bonchev–Trinajstić information content (AvgIpc) is 2.68. The first-order valence-corrected chi connectivity index (χ1v) is 9.30. The minimum absolute atomic E-state index is 0.0160. The summed E-state index contributed by atoms with van der Waals surface area (Å²) in [6.07, 6.45) is -0.323. The van der Waals surface area contributed by atoms with Gasteiger partial charge in [0.25, 0.3) is 0 Å². The molecule has 0 saturated heterocycles. The third kappa shape index (κ3) is 7.67. The molecule has 26 heavy (non-hydrogen) atoms. The average molecular weight is 358 g/mol. The highest BCUT2D eigenvalue weighted by atomic mass is 16.7. The lowest BCUT2D eigenvalue weighted by Crippen LogP contribution is -2.34. The summed E-state index contributed by atoms with van der Waals surface area (Å²) >= 11 is 0. The Morgan fingerprint density at radius 3 is 1.46 bits per heavy atom. The van der Waals surface area contributed by atoms with Crippen molar-refractivity contribution < 1.29 is 18.9 Å². The summed E-state index contributed by atoms with van der Waals surface area (Å²) < 4.78 is 23.4. The molecule has 0 unspecified atom stereocenters. The summed E-state index contributed by atoms with van der Waals surface area (Å²) in [6, 6.07) is 20.3. The van der Waals surface area contributed by atoms with E-state index in [0.717, 1.165) is 11.1 Å². The first-order valence-electron chi connectivity index (χ1n) is 9.30. The van der Waals surface area contributed by atoms with Crippen LogP contribution in [0.3, 0.4) is 0 Å². The highest BCUT2D eigenvalue weighted by Crippen LogP contribution is 2.14. The lowest BCUT2D eigenvalue weighted by molar-refractivity contribution is -0.190. The van der Waals surface area contributed by atoms with E-state index in [1.807, 2.05) is 50.2 Å². The maximum absolute atomic E-state index is 5.92. The van der Waals surface area contributed by atoms with E-state index in [4.69, 9.17) is 18.9 Å². The number of benzene rings is 2. The highest BCUT2D eigenvalue weighted by molar-refractivity contribution is 5.14. The van der Waals surface area contributed by atoms with Gasteiger partial charge in [-0.1, -0.05) is 60.7 Å². The highest BCUT2D eigenvalue weighted by Gasteiger charge is 2.23. The van der Waals surface area contributed by atoms with Crippen molar-refractivity contribution in [1.29, 1.82) is 0 Å². The Labute approximate surface area is 157 Å². The summed E-state index contributed by atoms with van der Waals surface area (Å²) in [4.78, 5) is 0. The van der Waals surface area contributed by atoms with E-state index >= 15 is 0 Å². The van der Waals surface area contributed by atoms with Crippen molar-refractivity contribution >= 4 is 0 Å². The minimum Gasteiger partial charge on any atom is -0.376 e. The molecule has 0 heterocycles. The van der Waals surface area contributed by atoms with E-state index in [-0.39, 0.29) is 12.2 Å². The second-order valence-electron chi connectivity index (χ2n) is 6.04. The summed E-state index contributed by atoms with van der Waals surface area (Å²) in [5, 5.41) is 0. The Morgan fingerprint density at radius 2 is 1.08 bits per heavy atom. The second kappa shape index (κ2) is 12.6. The van der Waals surface area contributed by atoms with Crippen LogP contribution in [0.25, 0.3) is 0 Å². The lowest BCUT2D eigenvalue weighted by atomic mass is 10.1. The molecule has 0 fully saturated rings. The third-order valence-electron chi connectivity index (χ3n) is 3.93. The van der Waals surface area contributed by atoms with Gasteiger partial charge in [-0.3, -0.25) is 0 Å². The maximum atomic E-state index is 5.92. The van der Waals surface area contributed by atoms with Gasteiger partial charge in [0.1, 0.15) is 0 Å². The molecule has 4 nitrogen and oxygen atoms in total. The molecule has 0 bridgehead atoms. The molecule has 2 aromatic rings. The van der Waals surface area contributed by atoms with Gasteiger partial charge >= 0.3 is 0 Å². The quantitative estimate of drug-likeness (QED) is 0.496. The maximum Gasteiger partial charge on any atom is 0.164 e. The molecular formula is C22H30O4. The van der Waals surface area contributed by atoms with Crippen LogP contribution in [0.5, 0.6) is 0 Å². The van der Waals surface area contributed by atoms with Crippen LogP contribution in [0.15, 0.2) is 60.7 Å². The molecule has 4 heteroatoms. The topological polar surface area (TPSA) is 36.9 Å². The third-order valence-corrected chi connectivity index (χ3v) is 3.93. The molecular weight excluding hydrogens is 328 g/mol. The fourth-order valence-electron chi connectivity index (χ4n) is 2.66. The number of hydrogen-bond donors (Lipinski definition) is 0. The molecule has 0 spiro atoms. The minimum atomic E-state index is -0.323. The van der Waals surface area contributed by atoms with Gasteiger partial charge in [0.15, 0.2) is 6.29 Å². The predicted octanol–water partition coefficient (Wildman–Crippen LogP) is 4.44. The molecule has 0 aliphatic heterocycles. The van der Waals surface area contributed by atoms with E-state index in [1.54, 1.807) is 0 Å².